The van der Waals surface area contributed by atoms with Crippen LogP contribution >= 0.6 is 0 Å². The first-order valence-corrected chi connectivity index (χ1v) is 11.4. The number of benzene rings is 1. The molecule has 0 spiro atoms. The maximum atomic E-state index is 12.2. The number of carbonyl (C=O) groups excluding carboxylic acids is 1. The van der Waals surface area contributed by atoms with E-state index in [0.29, 0.717) is 12.1 Å². The molecule has 7 heteroatoms. The first-order chi connectivity index (χ1) is 14.8. The Bertz CT molecular complexity index is 673. The van der Waals surface area contributed by atoms with Crippen LogP contribution in [0.25, 0.3) is 0 Å². The van der Waals surface area contributed by atoms with E-state index >= 15 is 0 Å². The van der Waals surface area contributed by atoms with Crippen molar-refractivity contribution in [3.8, 4) is 0 Å². The summed E-state index contributed by atoms with van der Waals surface area (Å²) in [6, 6.07) is 5.79. The van der Waals surface area contributed by atoms with Crippen LogP contribution < -0.4 is 5.32 Å². The Hall–Kier alpha value is -2.41. The monoisotopic (exact) mass is 435 g/mol. The van der Waals surface area contributed by atoms with Crippen molar-refractivity contribution < 1.29 is 29.7 Å². The largest absolute Gasteiger partial charge is 0.481 e. The van der Waals surface area contributed by atoms with Crippen LogP contribution in [0.1, 0.15) is 95.6 Å². The molecular formula is C24H37NO6. The summed E-state index contributed by atoms with van der Waals surface area (Å²) in [7, 11) is 0. The molecule has 2 atom stereocenters. The minimum Gasteiger partial charge on any atom is -0.481 e. The SMILES string of the molecule is CCCCCCCCCCCCC(CC(=O)Nc1ccc(C(O)C(=O)O)cc1)C(=O)O. The first kappa shape index (κ1) is 26.6. The average Bonchev–Trinajstić information content (AvgIpc) is 2.74. The summed E-state index contributed by atoms with van der Waals surface area (Å²) in [6.45, 7) is 2.21. The number of amides is 1. The van der Waals surface area contributed by atoms with Crippen LogP contribution in [0.4, 0.5) is 5.69 Å². The van der Waals surface area contributed by atoms with Crippen LogP contribution in [-0.4, -0.2) is 33.2 Å². The summed E-state index contributed by atoms with van der Waals surface area (Å²) in [5, 5.41) is 30.3. The van der Waals surface area contributed by atoms with Gasteiger partial charge in [-0.2, -0.15) is 0 Å². The molecule has 0 radical (unpaired) electrons. The van der Waals surface area contributed by atoms with Crippen LogP contribution in [0.15, 0.2) is 24.3 Å². The van der Waals surface area contributed by atoms with E-state index in [-0.39, 0.29) is 12.0 Å². The van der Waals surface area contributed by atoms with Gasteiger partial charge in [0, 0.05) is 12.1 Å². The zero-order valence-electron chi connectivity index (χ0n) is 18.5. The highest BCUT2D eigenvalue weighted by atomic mass is 16.4. The highest BCUT2D eigenvalue weighted by Gasteiger charge is 2.21. The molecule has 2 unspecified atom stereocenters. The van der Waals surface area contributed by atoms with Crippen molar-refractivity contribution in [2.45, 2.75) is 90.1 Å². The van der Waals surface area contributed by atoms with Crippen molar-refractivity contribution in [2.24, 2.45) is 5.92 Å². The van der Waals surface area contributed by atoms with E-state index in [1.54, 1.807) is 0 Å². The Morgan fingerprint density at radius 3 is 1.81 bits per heavy atom. The minimum absolute atomic E-state index is 0.105. The summed E-state index contributed by atoms with van der Waals surface area (Å²) < 4.78 is 0. The number of rotatable bonds is 17. The van der Waals surface area contributed by atoms with Crippen molar-refractivity contribution in [3.05, 3.63) is 29.8 Å². The summed E-state index contributed by atoms with van der Waals surface area (Å²) in [5.41, 5.74) is 0.629. The fourth-order valence-electron chi connectivity index (χ4n) is 3.52. The molecule has 0 heterocycles. The average molecular weight is 436 g/mol. The molecule has 1 aromatic rings. The normalized spacial score (nSPS) is 12.8. The van der Waals surface area contributed by atoms with Gasteiger partial charge in [-0.1, -0.05) is 83.3 Å². The van der Waals surface area contributed by atoms with Gasteiger partial charge in [0.05, 0.1) is 5.92 Å². The van der Waals surface area contributed by atoms with E-state index < -0.39 is 29.9 Å². The summed E-state index contributed by atoms with van der Waals surface area (Å²) in [5.74, 6) is -3.44. The van der Waals surface area contributed by atoms with Gasteiger partial charge in [-0.15, -0.1) is 0 Å². The van der Waals surface area contributed by atoms with Crippen LogP contribution in [-0.2, 0) is 14.4 Å². The van der Waals surface area contributed by atoms with Crippen molar-refractivity contribution in [2.75, 3.05) is 5.32 Å². The standard InChI is InChI=1S/C24H37NO6/c1-2-3-4-5-6-7-8-9-10-11-12-19(23(28)29)17-21(26)25-20-15-13-18(14-16-20)22(27)24(30)31/h13-16,19,22,27H,2-12,17H2,1H3,(H,25,26)(H,28,29)(H,30,31). The number of carboxylic acids is 2. The maximum absolute atomic E-state index is 12.2. The Labute approximate surface area is 184 Å². The number of nitrogens with one attached hydrogen (secondary N) is 1. The molecule has 0 fully saturated rings. The van der Waals surface area contributed by atoms with Gasteiger partial charge < -0.3 is 20.6 Å². The number of unbranched alkanes of at least 4 members (excludes halogenated alkanes) is 9. The van der Waals surface area contributed by atoms with Crippen molar-refractivity contribution in [1.29, 1.82) is 0 Å². The second kappa shape index (κ2) is 15.4. The minimum atomic E-state index is -1.62. The molecule has 0 saturated carbocycles. The van der Waals surface area contributed by atoms with Gasteiger partial charge in [0.15, 0.2) is 6.10 Å². The van der Waals surface area contributed by atoms with Gasteiger partial charge in [0.1, 0.15) is 0 Å². The third kappa shape index (κ3) is 11.5. The molecule has 174 valence electrons. The number of aliphatic carboxylic acids is 2. The predicted molar refractivity (Wildman–Crippen MR) is 120 cm³/mol. The topological polar surface area (TPSA) is 124 Å². The van der Waals surface area contributed by atoms with Crippen molar-refractivity contribution in [3.63, 3.8) is 0 Å². The number of carboxylic acid groups (broad SMARTS) is 2. The second-order valence-corrected chi connectivity index (χ2v) is 8.12. The van der Waals surface area contributed by atoms with Gasteiger partial charge in [-0.3, -0.25) is 9.59 Å². The van der Waals surface area contributed by atoms with Crippen LogP contribution in [0.2, 0.25) is 0 Å². The fourth-order valence-corrected chi connectivity index (χ4v) is 3.52. The Morgan fingerprint density at radius 2 is 1.32 bits per heavy atom. The Balaban J connectivity index is 2.30. The maximum Gasteiger partial charge on any atom is 0.337 e. The second-order valence-electron chi connectivity index (χ2n) is 8.12. The number of hydrogen-bond acceptors (Lipinski definition) is 4. The molecule has 0 aliphatic heterocycles. The lowest BCUT2D eigenvalue weighted by atomic mass is 9.96. The third-order valence-electron chi connectivity index (χ3n) is 5.43. The highest BCUT2D eigenvalue weighted by Crippen LogP contribution is 2.19. The quantitative estimate of drug-likeness (QED) is 0.251. The Kier molecular flexibility index (Phi) is 13.2. The number of aliphatic hydroxyl groups excluding tert-OH is 1. The summed E-state index contributed by atoms with van der Waals surface area (Å²) >= 11 is 0. The molecule has 0 saturated heterocycles. The molecule has 0 aliphatic rings. The fraction of sp³-hybridized carbons (Fsp3) is 0.625. The molecule has 31 heavy (non-hydrogen) atoms. The van der Waals surface area contributed by atoms with E-state index in [2.05, 4.69) is 12.2 Å². The van der Waals surface area contributed by atoms with Crippen LogP contribution in [0, 0.1) is 5.92 Å². The van der Waals surface area contributed by atoms with Crippen molar-refractivity contribution >= 4 is 23.5 Å². The number of anilines is 1. The first-order valence-electron chi connectivity index (χ1n) is 11.4. The molecule has 7 nitrogen and oxygen atoms in total. The van der Waals surface area contributed by atoms with Crippen LogP contribution in [0.5, 0.6) is 0 Å². The highest BCUT2D eigenvalue weighted by molar-refractivity contribution is 5.93. The van der Waals surface area contributed by atoms with Gasteiger partial charge in [-0.05, 0) is 24.1 Å². The van der Waals surface area contributed by atoms with E-state index in [4.69, 9.17) is 5.11 Å². The smallest absolute Gasteiger partial charge is 0.337 e. The molecule has 1 aromatic carbocycles. The van der Waals surface area contributed by atoms with E-state index in [9.17, 15) is 24.6 Å². The third-order valence-corrected chi connectivity index (χ3v) is 5.43. The molecule has 1 amide bonds. The molecule has 4 N–H and O–H groups in total. The zero-order valence-corrected chi connectivity index (χ0v) is 18.5. The summed E-state index contributed by atoms with van der Waals surface area (Å²) in [4.78, 5) is 34.5. The number of aliphatic hydroxyl groups is 1. The summed E-state index contributed by atoms with van der Waals surface area (Å²) in [6.07, 6.45) is 10.5. The van der Waals surface area contributed by atoms with Crippen molar-refractivity contribution in [1.82, 2.24) is 0 Å². The molecule has 1 rings (SSSR count). The van der Waals surface area contributed by atoms with Gasteiger partial charge in [0.2, 0.25) is 5.91 Å². The molecule has 0 aromatic heterocycles. The number of hydrogen-bond donors (Lipinski definition) is 4. The van der Waals surface area contributed by atoms with E-state index in [1.165, 1.54) is 69.2 Å². The number of carbonyl (C=O) groups is 3. The molecular weight excluding hydrogens is 398 g/mol. The Morgan fingerprint density at radius 1 is 0.806 bits per heavy atom. The van der Waals surface area contributed by atoms with Gasteiger partial charge in [-0.25, -0.2) is 4.79 Å². The molecule has 0 bridgehead atoms. The lowest BCUT2D eigenvalue weighted by Gasteiger charge is -2.13. The van der Waals surface area contributed by atoms with E-state index in [0.717, 1.165) is 19.3 Å². The lowest BCUT2D eigenvalue weighted by molar-refractivity contribution is -0.147. The van der Waals surface area contributed by atoms with Gasteiger partial charge >= 0.3 is 11.9 Å². The van der Waals surface area contributed by atoms with E-state index in [1.807, 2.05) is 0 Å². The molecule has 0 aliphatic carbocycles. The lowest BCUT2D eigenvalue weighted by Crippen LogP contribution is -2.22. The predicted octanol–water partition coefficient (Wildman–Crippen LogP) is 5.15. The van der Waals surface area contributed by atoms with Crippen LogP contribution in [0.3, 0.4) is 0 Å². The zero-order chi connectivity index (χ0) is 23.1. The van der Waals surface area contributed by atoms with Gasteiger partial charge in [0.25, 0.3) is 0 Å².